The maximum atomic E-state index is 12.6. The van der Waals surface area contributed by atoms with Crippen LogP contribution < -0.4 is 5.32 Å². The summed E-state index contributed by atoms with van der Waals surface area (Å²) in [6.45, 7) is 0.856. The first-order chi connectivity index (χ1) is 12.5. The van der Waals surface area contributed by atoms with Gasteiger partial charge >= 0.3 is 0 Å². The third-order valence-electron chi connectivity index (χ3n) is 4.54. The third-order valence-corrected chi connectivity index (χ3v) is 5.13. The zero-order valence-corrected chi connectivity index (χ0v) is 15.8. The number of nitrogens with one attached hydrogen (secondary N) is 1. The normalized spacial score (nSPS) is 16.8. The summed E-state index contributed by atoms with van der Waals surface area (Å²) in [6.07, 6.45) is 1.67. The van der Waals surface area contributed by atoms with Crippen molar-refractivity contribution in [3.8, 4) is 0 Å². The summed E-state index contributed by atoms with van der Waals surface area (Å²) >= 11 is 12.1. The van der Waals surface area contributed by atoms with Crippen LogP contribution in [0.3, 0.4) is 0 Å². The van der Waals surface area contributed by atoms with Gasteiger partial charge in [-0.1, -0.05) is 59.6 Å². The van der Waals surface area contributed by atoms with E-state index >= 15 is 0 Å². The average molecular weight is 391 g/mol. The highest BCUT2D eigenvalue weighted by Crippen LogP contribution is 2.26. The van der Waals surface area contributed by atoms with Crippen LogP contribution in [0.4, 0.5) is 0 Å². The molecule has 1 N–H and O–H groups in total. The monoisotopic (exact) mass is 390 g/mol. The van der Waals surface area contributed by atoms with Gasteiger partial charge in [-0.05, 0) is 36.1 Å². The molecule has 1 saturated heterocycles. The minimum Gasteiger partial charge on any atom is -0.354 e. The highest BCUT2D eigenvalue weighted by molar-refractivity contribution is 6.35. The SMILES string of the molecule is O=C(NCCc1ccccc1)[C@@H]1CCC(=O)N1Cc1ccc(Cl)cc1Cl. The standard InChI is InChI=1S/C20H20Cl2N2O2/c21-16-7-6-15(17(22)12-16)13-24-18(8-9-19(24)25)20(26)23-11-10-14-4-2-1-3-5-14/h1-7,12,18H,8-11,13H2,(H,23,26)/t18-/m0/s1. The molecule has 6 heteroatoms. The van der Waals surface area contributed by atoms with Gasteiger partial charge in [0.1, 0.15) is 6.04 Å². The van der Waals surface area contributed by atoms with Crippen molar-refractivity contribution in [2.45, 2.75) is 31.8 Å². The number of likely N-dealkylation sites (tertiary alicyclic amines) is 1. The van der Waals surface area contributed by atoms with Crippen molar-refractivity contribution in [2.24, 2.45) is 0 Å². The summed E-state index contributed by atoms with van der Waals surface area (Å²) in [5, 5.41) is 3.99. The number of nitrogens with zero attached hydrogens (tertiary/aromatic N) is 1. The van der Waals surface area contributed by atoms with Gasteiger partial charge in [-0.2, -0.15) is 0 Å². The summed E-state index contributed by atoms with van der Waals surface area (Å²) in [5.41, 5.74) is 1.95. The molecule has 0 radical (unpaired) electrons. The van der Waals surface area contributed by atoms with Gasteiger partial charge in [-0.25, -0.2) is 0 Å². The van der Waals surface area contributed by atoms with Gasteiger partial charge in [0.2, 0.25) is 11.8 Å². The van der Waals surface area contributed by atoms with Gasteiger partial charge in [-0.3, -0.25) is 9.59 Å². The molecule has 2 amide bonds. The van der Waals surface area contributed by atoms with Crippen LogP contribution in [0.1, 0.15) is 24.0 Å². The molecule has 26 heavy (non-hydrogen) atoms. The first-order valence-electron chi connectivity index (χ1n) is 8.59. The van der Waals surface area contributed by atoms with Crippen molar-refractivity contribution in [3.05, 3.63) is 69.7 Å². The van der Waals surface area contributed by atoms with Crippen molar-refractivity contribution >= 4 is 35.0 Å². The molecule has 1 heterocycles. The molecule has 3 rings (SSSR count). The number of carbonyl (C=O) groups excluding carboxylic acids is 2. The smallest absolute Gasteiger partial charge is 0.242 e. The van der Waals surface area contributed by atoms with E-state index in [1.807, 2.05) is 30.3 Å². The Hall–Kier alpha value is -2.04. The maximum Gasteiger partial charge on any atom is 0.242 e. The minimum atomic E-state index is -0.454. The second-order valence-corrected chi connectivity index (χ2v) is 7.18. The second-order valence-electron chi connectivity index (χ2n) is 6.34. The lowest BCUT2D eigenvalue weighted by Crippen LogP contribution is -2.44. The van der Waals surface area contributed by atoms with Crippen molar-refractivity contribution in [1.29, 1.82) is 0 Å². The van der Waals surface area contributed by atoms with E-state index in [2.05, 4.69) is 5.32 Å². The van der Waals surface area contributed by atoms with Gasteiger partial charge < -0.3 is 10.2 Å². The summed E-state index contributed by atoms with van der Waals surface area (Å²) < 4.78 is 0. The van der Waals surface area contributed by atoms with Crippen molar-refractivity contribution in [2.75, 3.05) is 6.54 Å². The molecule has 1 aliphatic rings. The van der Waals surface area contributed by atoms with Crippen LogP contribution in [0.5, 0.6) is 0 Å². The number of halogens is 2. The summed E-state index contributed by atoms with van der Waals surface area (Å²) in [4.78, 5) is 26.4. The van der Waals surface area contributed by atoms with Gasteiger partial charge in [0, 0.05) is 29.6 Å². The zero-order chi connectivity index (χ0) is 18.5. The Balaban J connectivity index is 1.60. The fourth-order valence-electron chi connectivity index (χ4n) is 3.13. The Morgan fingerprint density at radius 2 is 1.92 bits per heavy atom. The lowest BCUT2D eigenvalue weighted by Gasteiger charge is -2.24. The molecule has 0 bridgehead atoms. The molecule has 0 aliphatic carbocycles. The molecule has 0 aromatic heterocycles. The predicted molar refractivity (Wildman–Crippen MR) is 103 cm³/mol. The predicted octanol–water partition coefficient (Wildman–Crippen LogP) is 3.84. The molecular formula is C20H20Cl2N2O2. The highest BCUT2D eigenvalue weighted by Gasteiger charge is 2.36. The number of benzene rings is 2. The number of amides is 2. The molecule has 4 nitrogen and oxygen atoms in total. The van der Waals surface area contributed by atoms with E-state index in [1.165, 1.54) is 5.56 Å². The third kappa shape index (κ3) is 4.57. The Morgan fingerprint density at radius 1 is 1.15 bits per heavy atom. The van der Waals surface area contributed by atoms with E-state index in [0.717, 1.165) is 12.0 Å². The van der Waals surface area contributed by atoms with E-state index in [1.54, 1.807) is 23.1 Å². The molecule has 0 spiro atoms. The average Bonchev–Trinajstić information content (AvgIpc) is 2.99. The van der Waals surface area contributed by atoms with E-state index in [0.29, 0.717) is 36.0 Å². The van der Waals surface area contributed by atoms with Gasteiger partial charge in [0.15, 0.2) is 0 Å². The van der Waals surface area contributed by atoms with Crippen LogP contribution >= 0.6 is 23.2 Å². The molecule has 1 atom stereocenters. The van der Waals surface area contributed by atoms with Gasteiger partial charge in [0.05, 0.1) is 0 Å². The van der Waals surface area contributed by atoms with Crippen LogP contribution in [0.15, 0.2) is 48.5 Å². The number of carbonyl (C=O) groups is 2. The zero-order valence-electron chi connectivity index (χ0n) is 14.3. The Kier molecular flexibility index (Phi) is 6.17. The van der Waals surface area contributed by atoms with Gasteiger partial charge in [0.25, 0.3) is 0 Å². The lowest BCUT2D eigenvalue weighted by molar-refractivity contribution is -0.135. The highest BCUT2D eigenvalue weighted by atomic mass is 35.5. The summed E-state index contributed by atoms with van der Waals surface area (Å²) in [5.74, 6) is -0.143. The van der Waals surface area contributed by atoms with Crippen molar-refractivity contribution < 1.29 is 9.59 Å². The summed E-state index contributed by atoms with van der Waals surface area (Å²) in [7, 11) is 0. The topological polar surface area (TPSA) is 49.4 Å². The molecule has 0 unspecified atom stereocenters. The lowest BCUT2D eigenvalue weighted by atomic mass is 10.1. The van der Waals surface area contributed by atoms with Crippen LogP contribution in [-0.4, -0.2) is 29.3 Å². The number of hydrogen-bond donors (Lipinski definition) is 1. The molecule has 2 aromatic carbocycles. The van der Waals surface area contributed by atoms with E-state index in [9.17, 15) is 9.59 Å². The molecule has 2 aromatic rings. The van der Waals surface area contributed by atoms with Crippen molar-refractivity contribution in [1.82, 2.24) is 10.2 Å². The Labute approximate surface area is 163 Å². The fourth-order valence-corrected chi connectivity index (χ4v) is 3.60. The van der Waals surface area contributed by atoms with Crippen LogP contribution in [0.25, 0.3) is 0 Å². The molecule has 0 saturated carbocycles. The molecule has 1 aliphatic heterocycles. The number of rotatable bonds is 6. The fraction of sp³-hybridized carbons (Fsp3) is 0.300. The quantitative estimate of drug-likeness (QED) is 0.814. The van der Waals surface area contributed by atoms with Crippen LogP contribution in [0.2, 0.25) is 10.0 Å². The van der Waals surface area contributed by atoms with Crippen molar-refractivity contribution in [3.63, 3.8) is 0 Å². The number of hydrogen-bond acceptors (Lipinski definition) is 2. The first kappa shape index (κ1) is 18.7. The van der Waals surface area contributed by atoms with Crippen LogP contribution in [0, 0.1) is 0 Å². The molecule has 136 valence electrons. The van der Waals surface area contributed by atoms with E-state index in [-0.39, 0.29) is 11.8 Å². The first-order valence-corrected chi connectivity index (χ1v) is 9.35. The van der Waals surface area contributed by atoms with E-state index in [4.69, 9.17) is 23.2 Å². The maximum absolute atomic E-state index is 12.6. The Bertz CT molecular complexity index is 796. The minimum absolute atomic E-state index is 0.0285. The van der Waals surface area contributed by atoms with Gasteiger partial charge in [-0.15, -0.1) is 0 Å². The summed E-state index contributed by atoms with van der Waals surface area (Å²) in [6, 6.07) is 14.7. The Morgan fingerprint density at radius 3 is 2.65 bits per heavy atom. The van der Waals surface area contributed by atoms with Crippen LogP contribution in [-0.2, 0) is 22.6 Å². The molecule has 1 fully saturated rings. The largest absolute Gasteiger partial charge is 0.354 e. The molecular weight excluding hydrogens is 371 g/mol. The van der Waals surface area contributed by atoms with E-state index < -0.39 is 6.04 Å². The second kappa shape index (κ2) is 8.56.